The fourth-order valence-corrected chi connectivity index (χ4v) is 1.84. The van der Waals surface area contributed by atoms with Gasteiger partial charge in [-0.15, -0.1) is 0 Å². The Morgan fingerprint density at radius 2 is 1.73 bits per heavy atom. The van der Waals surface area contributed by atoms with Gasteiger partial charge in [-0.25, -0.2) is 4.79 Å². The summed E-state index contributed by atoms with van der Waals surface area (Å²) < 4.78 is 5.06. The highest BCUT2D eigenvalue weighted by molar-refractivity contribution is 6.58. The molecule has 7 heteroatoms. The van der Waals surface area contributed by atoms with Gasteiger partial charge in [0.2, 0.25) is 0 Å². The zero-order chi connectivity index (χ0) is 15.9. The van der Waals surface area contributed by atoms with Crippen molar-refractivity contribution in [1.29, 1.82) is 0 Å². The van der Waals surface area contributed by atoms with Crippen molar-refractivity contribution in [3.63, 3.8) is 0 Å². The molecule has 0 saturated carbocycles. The minimum Gasteiger partial charge on any atom is -0.497 e. The molecule has 0 heterocycles. The normalized spacial score (nSPS) is 9.95. The first-order valence-electron chi connectivity index (χ1n) is 6.72. The Morgan fingerprint density at radius 1 is 1.09 bits per heavy atom. The van der Waals surface area contributed by atoms with Crippen LogP contribution in [0.1, 0.15) is 5.56 Å². The summed E-state index contributed by atoms with van der Waals surface area (Å²) in [5.74, 6) is 0.763. The number of anilines is 1. The summed E-state index contributed by atoms with van der Waals surface area (Å²) in [6, 6.07) is 13.3. The number of carbonyl (C=O) groups excluding carboxylic acids is 1. The lowest BCUT2D eigenvalue weighted by Gasteiger charge is -2.09. The summed E-state index contributed by atoms with van der Waals surface area (Å²) in [4.78, 5) is 11.8. The van der Waals surface area contributed by atoms with Gasteiger partial charge in [0.1, 0.15) is 5.75 Å². The fraction of sp³-hybridized carbons (Fsp3) is 0.133. The van der Waals surface area contributed by atoms with Crippen LogP contribution >= 0.6 is 0 Å². The van der Waals surface area contributed by atoms with Crippen LogP contribution in [0, 0.1) is 0 Å². The highest BCUT2D eigenvalue weighted by atomic mass is 16.5. The Morgan fingerprint density at radius 3 is 2.27 bits per heavy atom. The number of rotatable bonds is 5. The molecule has 0 aromatic heterocycles. The van der Waals surface area contributed by atoms with Gasteiger partial charge in [-0.05, 0) is 35.3 Å². The zero-order valence-electron chi connectivity index (χ0n) is 12.1. The Hall–Kier alpha value is -2.51. The highest BCUT2D eigenvalue weighted by Gasteiger charge is 2.10. The molecule has 2 amide bonds. The van der Waals surface area contributed by atoms with Crippen molar-refractivity contribution in [3.05, 3.63) is 54.1 Å². The van der Waals surface area contributed by atoms with Crippen LogP contribution in [0.25, 0.3) is 0 Å². The zero-order valence-corrected chi connectivity index (χ0v) is 12.1. The monoisotopic (exact) mass is 300 g/mol. The SMILES string of the molecule is COc1ccc(CNC(=O)Nc2ccc(B(O)O)cc2)cc1. The van der Waals surface area contributed by atoms with Crippen molar-refractivity contribution in [2.45, 2.75) is 6.54 Å². The van der Waals surface area contributed by atoms with E-state index in [4.69, 9.17) is 14.8 Å². The molecular formula is C15H17BN2O4. The molecule has 0 saturated heterocycles. The molecule has 0 spiro atoms. The van der Waals surface area contributed by atoms with Gasteiger partial charge in [0, 0.05) is 12.2 Å². The molecule has 0 fully saturated rings. The average molecular weight is 300 g/mol. The quantitative estimate of drug-likeness (QED) is 0.612. The molecule has 6 nitrogen and oxygen atoms in total. The molecule has 4 N–H and O–H groups in total. The molecule has 0 aliphatic rings. The molecule has 0 bridgehead atoms. The summed E-state index contributed by atoms with van der Waals surface area (Å²) in [5, 5.41) is 23.4. The third kappa shape index (κ3) is 4.51. The van der Waals surface area contributed by atoms with Crippen molar-refractivity contribution in [2.75, 3.05) is 12.4 Å². The first kappa shape index (κ1) is 15.9. The van der Waals surface area contributed by atoms with Gasteiger partial charge >= 0.3 is 13.1 Å². The number of hydrogen-bond acceptors (Lipinski definition) is 4. The van der Waals surface area contributed by atoms with Gasteiger partial charge in [0.25, 0.3) is 0 Å². The third-order valence-corrected chi connectivity index (χ3v) is 3.08. The van der Waals surface area contributed by atoms with Crippen LogP contribution in [0.3, 0.4) is 0 Å². The molecular weight excluding hydrogens is 283 g/mol. The summed E-state index contributed by atoms with van der Waals surface area (Å²) in [5.41, 5.74) is 1.88. The second-order valence-electron chi connectivity index (χ2n) is 4.65. The number of nitrogens with one attached hydrogen (secondary N) is 2. The van der Waals surface area contributed by atoms with Crippen LogP contribution in [-0.2, 0) is 6.54 Å². The van der Waals surface area contributed by atoms with Crippen molar-refractivity contribution < 1.29 is 19.6 Å². The largest absolute Gasteiger partial charge is 0.497 e. The van der Waals surface area contributed by atoms with Crippen LogP contribution in [0.15, 0.2) is 48.5 Å². The van der Waals surface area contributed by atoms with E-state index < -0.39 is 7.12 Å². The number of ether oxygens (including phenoxy) is 1. The van der Waals surface area contributed by atoms with Gasteiger partial charge < -0.3 is 25.4 Å². The second kappa shape index (κ2) is 7.49. The van der Waals surface area contributed by atoms with Crippen LogP contribution < -0.4 is 20.8 Å². The number of carbonyl (C=O) groups is 1. The number of urea groups is 1. The van der Waals surface area contributed by atoms with E-state index in [0.717, 1.165) is 11.3 Å². The minimum absolute atomic E-state index is 0.340. The Kier molecular flexibility index (Phi) is 5.40. The smallest absolute Gasteiger partial charge is 0.488 e. The lowest BCUT2D eigenvalue weighted by molar-refractivity contribution is 0.251. The molecule has 114 valence electrons. The Labute approximate surface area is 128 Å². The number of benzene rings is 2. The molecule has 0 unspecified atom stereocenters. The van der Waals surface area contributed by atoms with Crippen molar-refractivity contribution >= 4 is 24.3 Å². The van der Waals surface area contributed by atoms with E-state index in [2.05, 4.69) is 10.6 Å². The second-order valence-corrected chi connectivity index (χ2v) is 4.65. The van der Waals surface area contributed by atoms with Crippen LogP contribution in [0.5, 0.6) is 5.75 Å². The van der Waals surface area contributed by atoms with E-state index in [1.54, 1.807) is 19.2 Å². The van der Waals surface area contributed by atoms with Crippen LogP contribution in [0.4, 0.5) is 10.5 Å². The lowest BCUT2D eigenvalue weighted by Crippen LogP contribution is -2.30. The van der Waals surface area contributed by atoms with E-state index in [1.807, 2.05) is 24.3 Å². The minimum atomic E-state index is -1.52. The van der Waals surface area contributed by atoms with Gasteiger partial charge in [-0.2, -0.15) is 0 Å². The molecule has 0 aliphatic heterocycles. The average Bonchev–Trinajstić information content (AvgIpc) is 2.54. The van der Waals surface area contributed by atoms with Crippen LogP contribution in [-0.4, -0.2) is 30.3 Å². The standard InChI is InChI=1S/C15H17BN2O4/c1-22-14-8-2-11(3-9-14)10-17-15(19)18-13-6-4-12(5-7-13)16(20)21/h2-9,20-21H,10H2,1H3,(H2,17,18,19). The maximum atomic E-state index is 11.8. The Balaban J connectivity index is 1.84. The molecule has 22 heavy (non-hydrogen) atoms. The summed E-state index contributed by atoms with van der Waals surface area (Å²) >= 11 is 0. The molecule has 0 radical (unpaired) electrons. The predicted octanol–water partition coefficient (Wildman–Crippen LogP) is 0.697. The highest BCUT2D eigenvalue weighted by Crippen LogP contribution is 2.11. The molecule has 2 rings (SSSR count). The lowest BCUT2D eigenvalue weighted by atomic mass is 9.80. The van der Waals surface area contributed by atoms with Gasteiger partial charge in [-0.1, -0.05) is 24.3 Å². The molecule has 0 aliphatic carbocycles. The van der Waals surface area contributed by atoms with Gasteiger partial charge in [0.05, 0.1) is 7.11 Å². The van der Waals surface area contributed by atoms with Gasteiger partial charge in [-0.3, -0.25) is 0 Å². The maximum Gasteiger partial charge on any atom is 0.488 e. The first-order valence-corrected chi connectivity index (χ1v) is 6.72. The molecule has 0 atom stereocenters. The van der Waals surface area contributed by atoms with Crippen molar-refractivity contribution in [3.8, 4) is 5.75 Å². The van der Waals surface area contributed by atoms with E-state index in [-0.39, 0.29) is 6.03 Å². The third-order valence-electron chi connectivity index (χ3n) is 3.08. The maximum absolute atomic E-state index is 11.8. The Bertz CT molecular complexity index is 614. The first-order chi connectivity index (χ1) is 10.6. The van der Waals surface area contributed by atoms with Crippen molar-refractivity contribution in [1.82, 2.24) is 5.32 Å². The van der Waals surface area contributed by atoms with Crippen LogP contribution in [0.2, 0.25) is 0 Å². The van der Waals surface area contributed by atoms with E-state index in [1.165, 1.54) is 12.1 Å². The van der Waals surface area contributed by atoms with E-state index in [9.17, 15) is 4.79 Å². The van der Waals surface area contributed by atoms with Gasteiger partial charge in [0.15, 0.2) is 0 Å². The summed E-state index contributed by atoms with van der Waals surface area (Å²) in [6.07, 6.45) is 0. The fourth-order valence-electron chi connectivity index (χ4n) is 1.84. The summed E-state index contributed by atoms with van der Waals surface area (Å²) in [6.45, 7) is 0.392. The van der Waals surface area contributed by atoms with E-state index >= 15 is 0 Å². The molecule has 2 aromatic carbocycles. The number of methoxy groups -OCH3 is 1. The number of hydrogen-bond donors (Lipinski definition) is 4. The van der Waals surface area contributed by atoms with Crippen molar-refractivity contribution in [2.24, 2.45) is 0 Å². The molecule has 2 aromatic rings. The number of amides is 2. The predicted molar refractivity (Wildman–Crippen MR) is 85.1 cm³/mol. The van der Waals surface area contributed by atoms with E-state index in [0.29, 0.717) is 17.7 Å². The topological polar surface area (TPSA) is 90.8 Å². The summed E-state index contributed by atoms with van der Waals surface area (Å²) in [7, 11) is 0.0832.